The molecule has 10 N–H and O–H groups in total. The fourth-order valence-corrected chi connectivity index (χ4v) is 10.5. The summed E-state index contributed by atoms with van der Waals surface area (Å²) in [6, 6.07) is 14.0. The molecule has 0 saturated carbocycles. The van der Waals surface area contributed by atoms with Crippen LogP contribution in [0, 0.1) is 0 Å². The first-order valence-electron chi connectivity index (χ1n) is 19.1. The number of fused-ring (bicyclic) bond motifs is 3. The number of carboxylic acid groups (broad SMARTS) is 1. The summed E-state index contributed by atoms with van der Waals surface area (Å²) in [4.78, 5) is 21.7. The van der Waals surface area contributed by atoms with Crippen molar-refractivity contribution in [3.05, 3.63) is 54.6 Å². The number of carbonyl (C=O) groups is 1. The third kappa shape index (κ3) is 11.4. The van der Waals surface area contributed by atoms with E-state index in [-0.39, 0.29) is 32.7 Å². The van der Waals surface area contributed by atoms with E-state index in [1.165, 1.54) is 49.3 Å². The molecule has 3 saturated heterocycles. The average Bonchev–Trinajstić information content (AvgIpc) is 4.06. The molecule has 29 heteroatoms. The standard InChI is InChI=1S/3C11H14N4O4S.C2H4O2/c3*12-14-11-13-9-7-8(1-2-10(9)19-11)20(16,17)15-3-5-18-6-4-15;1-2(3)4/h3*1-2,7H,3-6,12H2,(H,13,14);1H3,(H,3,4). The van der Waals surface area contributed by atoms with Crippen molar-refractivity contribution in [1.29, 1.82) is 0 Å². The molecule has 3 aromatic heterocycles. The van der Waals surface area contributed by atoms with E-state index in [1.807, 2.05) is 0 Å². The van der Waals surface area contributed by atoms with Crippen LogP contribution in [0.3, 0.4) is 0 Å². The highest BCUT2D eigenvalue weighted by Gasteiger charge is 2.29. The number of sulfonamides is 3. The Balaban J connectivity index is 0.000000153. The Morgan fingerprint density at radius 1 is 0.516 bits per heavy atom. The van der Waals surface area contributed by atoms with Gasteiger partial charge in [0.15, 0.2) is 16.7 Å². The smallest absolute Gasteiger partial charge is 0.310 e. The highest BCUT2D eigenvalue weighted by Crippen LogP contribution is 2.27. The van der Waals surface area contributed by atoms with E-state index in [4.69, 9.17) is 54.9 Å². The zero-order chi connectivity index (χ0) is 46.1. The second-order valence-electron chi connectivity index (χ2n) is 13.4. The zero-order valence-electron chi connectivity index (χ0n) is 34.1. The van der Waals surface area contributed by atoms with Gasteiger partial charge in [-0.2, -0.15) is 27.9 Å². The molecule has 3 fully saturated rings. The Labute approximate surface area is 365 Å². The normalized spacial score (nSPS) is 16.8. The Morgan fingerprint density at radius 2 is 0.750 bits per heavy atom. The van der Waals surface area contributed by atoms with Gasteiger partial charge >= 0.3 is 18.0 Å². The van der Waals surface area contributed by atoms with Crippen molar-refractivity contribution in [3.8, 4) is 0 Å². The molecular formula is C35H46N12O14S3. The van der Waals surface area contributed by atoms with Crippen LogP contribution in [0.2, 0.25) is 0 Å². The highest BCUT2D eigenvalue weighted by atomic mass is 32.2. The number of rotatable bonds is 9. The van der Waals surface area contributed by atoms with Crippen LogP contribution in [0.4, 0.5) is 18.0 Å². The second kappa shape index (κ2) is 21.0. The van der Waals surface area contributed by atoms with Crippen molar-refractivity contribution in [1.82, 2.24) is 27.9 Å². The number of aliphatic carboxylic acids is 1. The first kappa shape index (κ1) is 47.9. The molecule has 64 heavy (non-hydrogen) atoms. The predicted molar refractivity (Wildman–Crippen MR) is 228 cm³/mol. The van der Waals surface area contributed by atoms with E-state index >= 15 is 0 Å². The summed E-state index contributed by atoms with van der Waals surface area (Å²) < 4.78 is 110. The topological polar surface area (TPSA) is 369 Å². The van der Waals surface area contributed by atoms with Gasteiger partial charge in [0.05, 0.1) is 54.3 Å². The lowest BCUT2D eigenvalue weighted by Crippen LogP contribution is -2.40. The molecule has 0 atom stereocenters. The number of hydrogen-bond acceptors (Lipinski definition) is 22. The first-order valence-corrected chi connectivity index (χ1v) is 23.4. The molecule has 0 bridgehead atoms. The summed E-state index contributed by atoms with van der Waals surface area (Å²) in [5.41, 5.74) is 9.58. The SMILES string of the molecule is CC(=O)O.NNc1nc2cc(S(=O)(=O)N3CCOCC3)ccc2o1.NNc1nc2cc(S(=O)(=O)N3CCOCC3)ccc2o1.NNc1nc2cc(S(=O)(=O)N3CCOCC3)ccc2o1. The van der Waals surface area contributed by atoms with Crippen LogP contribution >= 0.6 is 0 Å². The van der Waals surface area contributed by atoms with Gasteiger partial charge in [-0.3, -0.25) is 21.1 Å². The van der Waals surface area contributed by atoms with Gasteiger partial charge in [-0.1, -0.05) is 0 Å². The molecule has 348 valence electrons. The number of nitrogens with two attached hydrogens (primary N) is 3. The molecule has 0 spiro atoms. The summed E-state index contributed by atoms with van der Waals surface area (Å²) in [6.07, 6.45) is 0. The van der Waals surface area contributed by atoms with E-state index in [2.05, 4.69) is 31.2 Å². The number of nitrogen functional groups attached to an aromatic ring is 3. The molecule has 0 amide bonds. The molecule has 9 rings (SSSR count). The minimum absolute atomic E-state index is 0.140. The maximum atomic E-state index is 12.5. The van der Waals surface area contributed by atoms with E-state index in [1.54, 1.807) is 18.2 Å². The van der Waals surface area contributed by atoms with Crippen molar-refractivity contribution in [2.45, 2.75) is 21.6 Å². The van der Waals surface area contributed by atoms with Gasteiger partial charge in [-0.05, 0) is 54.6 Å². The molecule has 26 nitrogen and oxygen atoms in total. The molecule has 0 radical (unpaired) electrons. The monoisotopic (exact) mass is 954 g/mol. The van der Waals surface area contributed by atoms with Gasteiger partial charge in [0.2, 0.25) is 30.1 Å². The number of oxazole rings is 3. The Kier molecular flexibility index (Phi) is 15.7. The molecule has 6 heterocycles. The molecule has 3 aliphatic rings. The van der Waals surface area contributed by atoms with E-state index < -0.39 is 36.0 Å². The van der Waals surface area contributed by atoms with Crippen LogP contribution in [-0.4, -0.2) is 143 Å². The van der Waals surface area contributed by atoms with Gasteiger partial charge in [0.25, 0.3) is 5.97 Å². The van der Waals surface area contributed by atoms with Crippen molar-refractivity contribution in [2.24, 2.45) is 17.5 Å². The first-order chi connectivity index (χ1) is 30.6. The largest absolute Gasteiger partial charge is 0.481 e. The average molecular weight is 955 g/mol. The third-order valence-corrected chi connectivity index (χ3v) is 15.0. The van der Waals surface area contributed by atoms with Crippen molar-refractivity contribution in [3.63, 3.8) is 0 Å². The van der Waals surface area contributed by atoms with Crippen LogP contribution in [0.25, 0.3) is 33.3 Å². The van der Waals surface area contributed by atoms with Crippen molar-refractivity contribution < 1.29 is 62.6 Å². The fraction of sp³-hybridized carbons (Fsp3) is 0.371. The Morgan fingerprint density at radius 3 is 0.969 bits per heavy atom. The van der Waals surface area contributed by atoms with E-state index in [9.17, 15) is 25.3 Å². The van der Waals surface area contributed by atoms with Crippen LogP contribution < -0.4 is 33.8 Å². The molecule has 3 aromatic carbocycles. The molecule has 3 aliphatic heterocycles. The summed E-state index contributed by atoms with van der Waals surface area (Å²) in [6.45, 7) is 5.68. The van der Waals surface area contributed by atoms with Crippen LogP contribution in [-0.2, 0) is 49.1 Å². The zero-order valence-corrected chi connectivity index (χ0v) is 36.5. The summed E-state index contributed by atoms with van der Waals surface area (Å²) >= 11 is 0. The lowest BCUT2D eigenvalue weighted by Gasteiger charge is -2.25. The summed E-state index contributed by atoms with van der Waals surface area (Å²) in [7, 11) is -10.6. The number of carboxylic acids is 1. The second-order valence-corrected chi connectivity index (χ2v) is 19.3. The Hall–Kier alpha value is -5.57. The molecule has 0 aliphatic carbocycles. The number of ether oxygens (including phenoxy) is 3. The molecule has 0 unspecified atom stereocenters. The lowest BCUT2D eigenvalue weighted by molar-refractivity contribution is -0.134. The van der Waals surface area contributed by atoms with Crippen LogP contribution in [0.15, 0.2) is 82.5 Å². The van der Waals surface area contributed by atoms with Gasteiger partial charge < -0.3 is 32.6 Å². The van der Waals surface area contributed by atoms with Crippen molar-refractivity contribution in [2.75, 3.05) is 95.2 Å². The number of hydrogen-bond donors (Lipinski definition) is 7. The number of benzene rings is 3. The number of morpholine rings is 3. The van der Waals surface area contributed by atoms with Gasteiger partial charge in [-0.15, -0.1) is 0 Å². The maximum absolute atomic E-state index is 12.5. The number of nitrogens with one attached hydrogen (secondary N) is 3. The lowest BCUT2D eigenvalue weighted by atomic mass is 10.3. The predicted octanol–water partition coefficient (Wildman–Crippen LogP) is 0.494. The third-order valence-electron chi connectivity index (χ3n) is 9.27. The number of aromatic nitrogens is 3. The minimum Gasteiger partial charge on any atom is -0.481 e. The summed E-state index contributed by atoms with van der Waals surface area (Å²) in [5, 5.41) is 7.42. The highest BCUT2D eigenvalue weighted by molar-refractivity contribution is 7.89. The quantitative estimate of drug-likeness (QED) is 0.0766. The van der Waals surface area contributed by atoms with E-state index in [0.29, 0.717) is 112 Å². The van der Waals surface area contributed by atoms with Crippen molar-refractivity contribution >= 4 is 87.4 Å². The summed E-state index contributed by atoms with van der Waals surface area (Å²) in [5.74, 6) is 14.8. The van der Waals surface area contributed by atoms with Gasteiger partial charge in [0.1, 0.15) is 16.6 Å². The number of hydrazine groups is 3. The number of nitrogens with zero attached hydrogens (tertiary/aromatic N) is 6. The van der Waals surface area contributed by atoms with Crippen LogP contribution in [0.1, 0.15) is 6.92 Å². The number of anilines is 3. The van der Waals surface area contributed by atoms with Crippen LogP contribution in [0.5, 0.6) is 0 Å². The van der Waals surface area contributed by atoms with E-state index in [0.717, 1.165) is 6.92 Å². The minimum atomic E-state index is -3.53. The fourth-order valence-electron chi connectivity index (χ4n) is 6.20. The molecular weight excluding hydrogens is 909 g/mol. The van der Waals surface area contributed by atoms with Gasteiger partial charge in [0, 0.05) is 46.2 Å². The maximum Gasteiger partial charge on any atom is 0.310 e. The van der Waals surface area contributed by atoms with Gasteiger partial charge in [-0.25, -0.2) is 42.8 Å². The molecule has 6 aromatic rings. The Bertz CT molecular complexity index is 2570.